The van der Waals surface area contributed by atoms with E-state index in [1.54, 1.807) is 48.6 Å². The van der Waals surface area contributed by atoms with Gasteiger partial charge in [-0.1, -0.05) is 0 Å². The highest BCUT2D eigenvalue weighted by atomic mass is 19.4. The Bertz CT molecular complexity index is 1500. The lowest BCUT2D eigenvalue weighted by Gasteiger charge is -2.35. The number of anilines is 3. The molecule has 2 N–H and O–H groups in total. The highest BCUT2D eigenvalue weighted by Crippen LogP contribution is 2.36. The van der Waals surface area contributed by atoms with Crippen LogP contribution < -0.4 is 15.5 Å². The number of aromatic nitrogens is 3. The third-order valence-corrected chi connectivity index (χ3v) is 6.61. The molecule has 1 saturated heterocycles. The molecule has 1 aromatic carbocycles. The number of pyridine rings is 2. The maximum atomic E-state index is 13.2. The zero-order valence-corrected chi connectivity index (χ0v) is 19.8. The van der Waals surface area contributed by atoms with Crippen molar-refractivity contribution >= 4 is 45.1 Å². The van der Waals surface area contributed by atoms with Crippen molar-refractivity contribution in [1.29, 1.82) is 0 Å². The van der Waals surface area contributed by atoms with Crippen LogP contribution in [0.5, 0.6) is 0 Å². The molecule has 12 heteroatoms. The van der Waals surface area contributed by atoms with Crippen LogP contribution in [0.2, 0.25) is 0 Å². The van der Waals surface area contributed by atoms with Gasteiger partial charge < -0.3 is 24.7 Å². The zero-order valence-electron chi connectivity index (χ0n) is 19.8. The molecule has 1 amide bonds. The molecule has 1 aliphatic heterocycles. The summed E-state index contributed by atoms with van der Waals surface area (Å²) in [6.45, 7) is 0.0305. The largest absolute Gasteiger partial charge is 0.436 e. The van der Waals surface area contributed by atoms with Gasteiger partial charge in [-0.25, -0.2) is 15.0 Å². The molecule has 1 atom stereocenters. The number of morpholine rings is 1. The molecular weight excluding hydrogens is 489 g/mol. The quantitative estimate of drug-likeness (QED) is 0.400. The first-order valence-corrected chi connectivity index (χ1v) is 11.9. The summed E-state index contributed by atoms with van der Waals surface area (Å²) in [6, 6.07) is 6.88. The van der Waals surface area contributed by atoms with E-state index in [9.17, 15) is 18.0 Å². The van der Waals surface area contributed by atoms with E-state index in [2.05, 4.69) is 25.6 Å². The molecule has 192 valence electrons. The standard InChI is InChI=1S/C25H23F3N6O3/c1-29-22-16-10-30-21(33-23(35)13-2-3-13)9-15(16)17(11-31-22)24-32-18-8-14(4-5-19(18)37-24)34-6-7-36-20(12-34)25(26,27)28/h4-5,8-11,13,20H,2-3,6-7,12H2,1H3,(H,29,31)(H,30,33,35)/t20-/m1/s1. The first kappa shape index (κ1) is 23.5. The van der Waals surface area contributed by atoms with Crippen LogP contribution >= 0.6 is 0 Å². The third-order valence-electron chi connectivity index (χ3n) is 6.61. The number of fused-ring (bicyclic) bond motifs is 2. The number of hydrogen-bond donors (Lipinski definition) is 2. The fourth-order valence-corrected chi connectivity index (χ4v) is 4.46. The fourth-order valence-electron chi connectivity index (χ4n) is 4.46. The smallest absolute Gasteiger partial charge is 0.416 e. The minimum Gasteiger partial charge on any atom is -0.436 e. The summed E-state index contributed by atoms with van der Waals surface area (Å²) in [5.41, 5.74) is 2.19. The number of oxazole rings is 1. The van der Waals surface area contributed by atoms with Gasteiger partial charge in [0.1, 0.15) is 17.2 Å². The lowest BCUT2D eigenvalue weighted by Crippen LogP contribution is -2.49. The van der Waals surface area contributed by atoms with Crippen LogP contribution in [0.1, 0.15) is 12.8 Å². The third kappa shape index (κ3) is 4.52. The maximum Gasteiger partial charge on any atom is 0.416 e. The van der Waals surface area contributed by atoms with E-state index < -0.39 is 12.3 Å². The Morgan fingerprint density at radius 2 is 1.97 bits per heavy atom. The number of hydrogen-bond acceptors (Lipinski definition) is 8. The first-order chi connectivity index (χ1) is 17.8. The molecule has 37 heavy (non-hydrogen) atoms. The summed E-state index contributed by atoms with van der Waals surface area (Å²) in [4.78, 5) is 27.3. The van der Waals surface area contributed by atoms with Crippen LogP contribution in [0.15, 0.2) is 41.1 Å². The Labute approximate surface area is 209 Å². The number of rotatable bonds is 5. The molecule has 3 aromatic heterocycles. The Morgan fingerprint density at radius 1 is 1.14 bits per heavy atom. The van der Waals surface area contributed by atoms with Gasteiger partial charge in [0.05, 0.1) is 18.7 Å². The number of carbonyl (C=O) groups is 1. The summed E-state index contributed by atoms with van der Waals surface area (Å²) in [5.74, 6) is 1.31. The number of nitrogens with zero attached hydrogens (tertiary/aromatic N) is 4. The molecule has 6 rings (SSSR count). The highest BCUT2D eigenvalue weighted by molar-refractivity contribution is 6.03. The van der Waals surface area contributed by atoms with E-state index in [-0.39, 0.29) is 25.0 Å². The summed E-state index contributed by atoms with van der Waals surface area (Å²) >= 11 is 0. The molecule has 0 bridgehead atoms. The van der Waals surface area contributed by atoms with Gasteiger partial charge in [0.15, 0.2) is 11.7 Å². The predicted molar refractivity (Wildman–Crippen MR) is 131 cm³/mol. The Morgan fingerprint density at radius 3 is 2.73 bits per heavy atom. The Hall–Kier alpha value is -3.93. The average molecular weight is 512 g/mol. The summed E-state index contributed by atoms with van der Waals surface area (Å²) in [6.07, 6.45) is -1.24. The zero-order chi connectivity index (χ0) is 25.7. The molecule has 0 radical (unpaired) electrons. The van der Waals surface area contributed by atoms with E-state index in [0.717, 1.165) is 23.6 Å². The topological polar surface area (TPSA) is 105 Å². The first-order valence-electron chi connectivity index (χ1n) is 11.9. The molecule has 1 aliphatic carbocycles. The second-order valence-corrected chi connectivity index (χ2v) is 9.17. The number of ether oxygens (including phenoxy) is 1. The SMILES string of the molecule is CNc1ncc(-c2nc3cc(N4CCO[C@@H](C(F)(F)F)C4)ccc3o2)c2cc(NC(=O)C3CC3)ncc12. The number of halogens is 3. The van der Waals surface area contributed by atoms with E-state index in [1.165, 1.54) is 0 Å². The van der Waals surface area contributed by atoms with Gasteiger partial charge in [0.25, 0.3) is 0 Å². The maximum absolute atomic E-state index is 13.2. The van der Waals surface area contributed by atoms with Crippen LogP contribution in [0.25, 0.3) is 33.3 Å². The predicted octanol–water partition coefficient (Wildman–Crippen LogP) is 4.60. The van der Waals surface area contributed by atoms with Gasteiger partial charge in [0.2, 0.25) is 11.8 Å². The monoisotopic (exact) mass is 512 g/mol. The van der Waals surface area contributed by atoms with Crippen molar-refractivity contribution in [3.63, 3.8) is 0 Å². The van der Waals surface area contributed by atoms with E-state index in [0.29, 0.717) is 46.4 Å². The van der Waals surface area contributed by atoms with Crippen molar-refractivity contribution in [1.82, 2.24) is 15.0 Å². The Kier molecular flexibility index (Phi) is 5.63. The van der Waals surface area contributed by atoms with Crippen molar-refractivity contribution in [3.8, 4) is 11.5 Å². The minimum absolute atomic E-state index is 0.0184. The summed E-state index contributed by atoms with van der Waals surface area (Å²) in [5, 5.41) is 7.35. The molecule has 0 unspecified atom stereocenters. The molecule has 2 fully saturated rings. The van der Waals surface area contributed by atoms with Gasteiger partial charge in [-0.3, -0.25) is 4.79 Å². The van der Waals surface area contributed by atoms with E-state index >= 15 is 0 Å². The number of nitrogens with one attached hydrogen (secondary N) is 2. The molecule has 1 saturated carbocycles. The van der Waals surface area contributed by atoms with Crippen molar-refractivity contribution < 1.29 is 27.1 Å². The van der Waals surface area contributed by atoms with Crippen molar-refractivity contribution in [2.24, 2.45) is 5.92 Å². The van der Waals surface area contributed by atoms with Gasteiger partial charge >= 0.3 is 6.18 Å². The number of benzene rings is 1. The van der Waals surface area contributed by atoms with Crippen LogP contribution in [0.3, 0.4) is 0 Å². The number of amides is 1. The molecule has 2 aliphatic rings. The lowest BCUT2D eigenvalue weighted by atomic mass is 10.1. The van der Waals surface area contributed by atoms with Crippen molar-refractivity contribution in [2.75, 3.05) is 42.3 Å². The minimum atomic E-state index is -4.43. The Balaban J connectivity index is 1.36. The van der Waals surface area contributed by atoms with Crippen molar-refractivity contribution in [3.05, 3.63) is 36.7 Å². The van der Waals surface area contributed by atoms with Crippen LogP contribution in [-0.4, -0.2) is 59.9 Å². The molecular formula is C25H23F3N6O3. The molecule has 4 aromatic rings. The molecule has 0 spiro atoms. The van der Waals surface area contributed by atoms with Gasteiger partial charge in [-0.15, -0.1) is 0 Å². The lowest BCUT2D eigenvalue weighted by molar-refractivity contribution is -0.221. The molecule has 4 heterocycles. The fraction of sp³-hybridized carbons (Fsp3) is 0.360. The van der Waals surface area contributed by atoms with Crippen molar-refractivity contribution in [2.45, 2.75) is 25.1 Å². The number of carbonyl (C=O) groups excluding carboxylic acids is 1. The summed E-state index contributed by atoms with van der Waals surface area (Å²) in [7, 11) is 1.75. The normalized spacial score (nSPS) is 18.4. The van der Waals surface area contributed by atoms with Crippen LogP contribution in [-0.2, 0) is 9.53 Å². The van der Waals surface area contributed by atoms with Crippen LogP contribution in [0, 0.1) is 5.92 Å². The van der Waals surface area contributed by atoms with E-state index in [1.807, 2.05) is 0 Å². The second kappa shape index (κ2) is 8.87. The van der Waals surface area contributed by atoms with Gasteiger partial charge in [-0.2, -0.15) is 13.2 Å². The summed E-state index contributed by atoms with van der Waals surface area (Å²) < 4.78 is 50.5. The second-order valence-electron chi connectivity index (χ2n) is 9.17. The molecule has 9 nitrogen and oxygen atoms in total. The van der Waals surface area contributed by atoms with Gasteiger partial charge in [0, 0.05) is 48.4 Å². The van der Waals surface area contributed by atoms with Gasteiger partial charge in [-0.05, 0) is 37.1 Å². The highest BCUT2D eigenvalue weighted by Gasteiger charge is 2.43. The van der Waals surface area contributed by atoms with E-state index in [4.69, 9.17) is 9.15 Å². The van der Waals surface area contributed by atoms with Crippen LogP contribution in [0.4, 0.5) is 30.5 Å². The average Bonchev–Trinajstić information content (AvgIpc) is 3.66. The number of alkyl halides is 3.